The van der Waals surface area contributed by atoms with Crippen LogP contribution in [-0.2, 0) is 11.3 Å². The molecule has 188 valence electrons. The van der Waals surface area contributed by atoms with Crippen molar-refractivity contribution >= 4 is 17.5 Å². The highest BCUT2D eigenvalue weighted by molar-refractivity contribution is 5.97. The van der Waals surface area contributed by atoms with E-state index in [9.17, 15) is 9.59 Å². The van der Waals surface area contributed by atoms with Crippen LogP contribution >= 0.6 is 0 Å². The molecule has 2 amide bonds. The van der Waals surface area contributed by atoms with Crippen LogP contribution in [0.5, 0.6) is 0 Å². The Morgan fingerprint density at radius 2 is 1.77 bits per heavy atom. The third-order valence-corrected chi connectivity index (χ3v) is 7.46. The van der Waals surface area contributed by atoms with Crippen molar-refractivity contribution in [1.82, 2.24) is 19.8 Å². The maximum absolute atomic E-state index is 13.9. The normalized spacial score (nSPS) is 18.7. The molecule has 4 rings (SSSR count). The van der Waals surface area contributed by atoms with E-state index in [4.69, 9.17) is 0 Å². The first-order chi connectivity index (χ1) is 17.0. The Labute approximate surface area is 209 Å². The number of fused-ring (bicyclic) bond motifs is 1. The summed E-state index contributed by atoms with van der Waals surface area (Å²) in [4.78, 5) is 42.1. The summed E-state index contributed by atoms with van der Waals surface area (Å²) >= 11 is 0. The SMILES string of the molecule is Cc1cccc2c1N(C(=O)C1CCCCC1)CCCN(C(C)C)CCN(C(=O)c1cnccn1)C2. The van der Waals surface area contributed by atoms with Gasteiger partial charge in [-0.1, -0.05) is 37.5 Å². The molecule has 2 aromatic rings. The fraction of sp³-hybridized carbons (Fsp3) is 0.571. The fourth-order valence-electron chi connectivity index (χ4n) is 5.47. The first-order valence-corrected chi connectivity index (χ1v) is 13.1. The monoisotopic (exact) mass is 477 g/mol. The van der Waals surface area contributed by atoms with Crippen molar-refractivity contribution < 1.29 is 9.59 Å². The lowest BCUT2D eigenvalue weighted by molar-refractivity contribution is -0.123. The lowest BCUT2D eigenvalue weighted by Gasteiger charge is -2.33. The van der Waals surface area contributed by atoms with Crippen LogP contribution in [0.25, 0.3) is 0 Å². The van der Waals surface area contributed by atoms with E-state index in [1.165, 1.54) is 12.6 Å². The van der Waals surface area contributed by atoms with Gasteiger partial charge in [0, 0.05) is 57.1 Å². The van der Waals surface area contributed by atoms with Gasteiger partial charge in [0.05, 0.1) is 11.9 Å². The standard InChI is InChI=1S/C28H39N5O2/c1-21(2)31-15-8-16-33(27(34)23-10-5-4-6-11-23)26-22(3)9-7-12-24(26)20-32(18-17-31)28(35)25-19-29-13-14-30-25/h7,9,12-14,19,21,23H,4-6,8,10-11,15-18,20H2,1-3H3. The second-order valence-electron chi connectivity index (χ2n) is 10.2. The molecule has 1 aromatic carbocycles. The van der Waals surface area contributed by atoms with E-state index in [1.54, 1.807) is 12.4 Å². The number of hydrogen-bond acceptors (Lipinski definition) is 5. The summed E-state index contributed by atoms with van der Waals surface area (Å²) in [6.45, 7) is 9.87. The van der Waals surface area contributed by atoms with E-state index in [-0.39, 0.29) is 17.7 Å². The second kappa shape index (κ2) is 11.8. The van der Waals surface area contributed by atoms with E-state index >= 15 is 0 Å². The molecule has 2 heterocycles. The largest absolute Gasteiger partial charge is 0.332 e. The zero-order chi connectivity index (χ0) is 24.8. The van der Waals surface area contributed by atoms with Gasteiger partial charge in [-0.3, -0.25) is 19.5 Å². The maximum Gasteiger partial charge on any atom is 0.274 e. The molecule has 7 nitrogen and oxygen atoms in total. The number of carbonyl (C=O) groups is 2. The number of aryl methyl sites for hydroxylation is 1. The Hall–Kier alpha value is -2.80. The molecule has 35 heavy (non-hydrogen) atoms. The van der Waals surface area contributed by atoms with E-state index in [0.717, 1.165) is 62.0 Å². The Morgan fingerprint density at radius 1 is 0.971 bits per heavy atom. The van der Waals surface area contributed by atoms with Gasteiger partial charge in [0.1, 0.15) is 5.69 Å². The number of carbonyl (C=O) groups excluding carboxylic acids is 2. The van der Waals surface area contributed by atoms with Gasteiger partial charge in [-0.2, -0.15) is 0 Å². The average Bonchev–Trinajstić information content (AvgIpc) is 2.91. The minimum atomic E-state index is -0.126. The molecule has 0 N–H and O–H groups in total. The van der Waals surface area contributed by atoms with Gasteiger partial charge in [-0.25, -0.2) is 4.98 Å². The number of para-hydroxylation sites is 1. The minimum absolute atomic E-state index is 0.0971. The van der Waals surface area contributed by atoms with Crippen molar-refractivity contribution in [2.75, 3.05) is 31.1 Å². The molecule has 0 atom stereocenters. The highest BCUT2D eigenvalue weighted by Gasteiger charge is 2.30. The molecular formula is C28H39N5O2. The molecule has 2 aliphatic rings. The van der Waals surface area contributed by atoms with Crippen LogP contribution in [0, 0.1) is 12.8 Å². The summed E-state index contributed by atoms with van der Waals surface area (Å²) in [5, 5.41) is 0. The van der Waals surface area contributed by atoms with Crippen molar-refractivity contribution in [3.63, 3.8) is 0 Å². The van der Waals surface area contributed by atoms with Crippen molar-refractivity contribution in [3.05, 3.63) is 53.6 Å². The molecule has 0 radical (unpaired) electrons. The average molecular weight is 478 g/mol. The van der Waals surface area contributed by atoms with Gasteiger partial charge in [0.15, 0.2) is 0 Å². The summed E-state index contributed by atoms with van der Waals surface area (Å²) in [5.41, 5.74) is 3.43. The van der Waals surface area contributed by atoms with Gasteiger partial charge in [0.25, 0.3) is 5.91 Å². The van der Waals surface area contributed by atoms with Crippen LogP contribution < -0.4 is 4.90 Å². The molecular weight excluding hydrogens is 438 g/mol. The van der Waals surface area contributed by atoms with Gasteiger partial charge in [-0.15, -0.1) is 0 Å². The first kappa shape index (κ1) is 25.3. The van der Waals surface area contributed by atoms with Gasteiger partial charge in [-0.05, 0) is 51.2 Å². The lowest BCUT2D eigenvalue weighted by atomic mass is 9.87. The van der Waals surface area contributed by atoms with Crippen LogP contribution in [0.2, 0.25) is 0 Å². The Kier molecular flexibility index (Phi) is 8.50. The number of hydrogen-bond donors (Lipinski definition) is 0. The number of nitrogens with zero attached hydrogens (tertiary/aromatic N) is 5. The topological polar surface area (TPSA) is 69.6 Å². The molecule has 0 unspecified atom stereocenters. The molecule has 1 saturated carbocycles. The van der Waals surface area contributed by atoms with E-state index in [2.05, 4.69) is 52.7 Å². The van der Waals surface area contributed by atoms with Gasteiger partial charge < -0.3 is 9.80 Å². The first-order valence-electron chi connectivity index (χ1n) is 13.1. The van der Waals surface area contributed by atoms with Crippen molar-refractivity contribution in [2.24, 2.45) is 5.92 Å². The molecule has 0 saturated heterocycles. The van der Waals surface area contributed by atoms with Crippen LogP contribution in [0.4, 0.5) is 5.69 Å². The zero-order valence-corrected chi connectivity index (χ0v) is 21.4. The van der Waals surface area contributed by atoms with E-state index < -0.39 is 0 Å². The van der Waals surface area contributed by atoms with Crippen molar-refractivity contribution in [3.8, 4) is 0 Å². The predicted octanol–water partition coefficient (Wildman–Crippen LogP) is 4.45. The summed E-state index contributed by atoms with van der Waals surface area (Å²) < 4.78 is 0. The molecule has 7 heteroatoms. The quantitative estimate of drug-likeness (QED) is 0.653. The van der Waals surface area contributed by atoms with Crippen LogP contribution in [0.15, 0.2) is 36.8 Å². The van der Waals surface area contributed by atoms with Gasteiger partial charge in [0.2, 0.25) is 5.91 Å². The minimum Gasteiger partial charge on any atom is -0.332 e. The van der Waals surface area contributed by atoms with Crippen LogP contribution in [-0.4, -0.2) is 63.8 Å². The molecule has 1 fully saturated rings. The van der Waals surface area contributed by atoms with Crippen molar-refractivity contribution in [1.29, 1.82) is 0 Å². The third kappa shape index (κ3) is 6.07. The zero-order valence-electron chi connectivity index (χ0n) is 21.4. The fourth-order valence-corrected chi connectivity index (χ4v) is 5.47. The van der Waals surface area contributed by atoms with Crippen molar-refractivity contribution in [2.45, 2.75) is 71.9 Å². The summed E-state index contributed by atoms with van der Waals surface area (Å²) in [7, 11) is 0. The predicted molar refractivity (Wildman–Crippen MR) is 138 cm³/mol. The number of benzene rings is 1. The number of anilines is 1. The van der Waals surface area contributed by atoms with Crippen LogP contribution in [0.1, 0.15) is 74.0 Å². The lowest BCUT2D eigenvalue weighted by Crippen LogP contribution is -2.42. The molecule has 0 spiro atoms. The third-order valence-electron chi connectivity index (χ3n) is 7.46. The molecule has 0 bridgehead atoms. The summed E-state index contributed by atoms with van der Waals surface area (Å²) in [5.74, 6) is 0.223. The second-order valence-corrected chi connectivity index (χ2v) is 10.2. The molecule has 1 aliphatic heterocycles. The smallest absolute Gasteiger partial charge is 0.274 e. The summed E-state index contributed by atoms with van der Waals surface area (Å²) in [6, 6.07) is 6.53. The highest BCUT2D eigenvalue weighted by Crippen LogP contribution is 2.32. The Morgan fingerprint density at radius 3 is 2.49 bits per heavy atom. The molecule has 1 aliphatic carbocycles. The number of rotatable bonds is 3. The summed E-state index contributed by atoms with van der Waals surface area (Å²) in [6.07, 6.45) is 11.0. The molecule has 1 aromatic heterocycles. The highest BCUT2D eigenvalue weighted by atomic mass is 16.2. The van der Waals surface area contributed by atoms with E-state index in [1.807, 2.05) is 11.0 Å². The number of aromatic nitrogens is 2. The van der Waals surface area contributed by atoms with Gasteiger partial charge >= 0.3 is 0 Å². The van der Waals surface area contributed by atoms with E-state index in [0.29, 0.717) is 31.4 Å². The Bertz CT molecular complexity index is 1000. The Balaban J connectivity index is 1.72. The van der Waals surface area contributed by atoms with Crippen LogP contribution in [0.3, 0.4) is 0 Å². The maximum atomic E-state index is 13.9. The number of amides is 2.